The van der Waals surface area contributed by atoms with Gasteiger partial charge in [0.25, 0.3) is 5.56 Å². The second kappa shape index (κ2) is 11.1. The lowest BCUT2D eigenvalue weighted by atomic mass is 10.1. The van der Waals surface area contributed by atoms with Crippen LogP contribution in [0.2, 0.25) is 0 Å². The third-order valence-electron chi connectivity index (χ3n) is 5.48. The summed E-state index contributed by atoms with van der Waals surface area (Å²) >= 11 is 0. The fourth-order valence-corrected chi connectivity index (χ4v) is 5.46. The van der Waals surface area contributed by atoms with E-state index in [0.717, 1.165) is 12.1 Å². The van der Waals surface area contributed by atoms with Crippen molar-refractivity contribution in [1.82, 2.24) is 29.4 Å². The summed E-state index contributed by atoms with van der Waals surface area (Å²) in [6.07, 6.45) is 2.23. The minimum atomic E-state index is -3.76. The molecule has 0 amide bonds. The molecule has 0 unspecified atom stereocenters. The van der Waals surface area contributed by atoms with Gasteiger partial charge in [0.05, 0.1) is 22.8 Å². The number of fused-ring (bicyclic) bond motifs is 1. The van der Waals surface area contributed by atoms with E-state index in [1.165, 1.54) is 21.1 Å². The molecule has 0 atom stereocenters. The van der Waals surface area contributed by atoms with Gasteiger partial charge in [0.15, 0.2) is 5.52 Å². The number of hydrogen-bond donors (Lipinski definition) is 2. The van der Waals surface area contributed by atoms with Crippen molar-refractivity contribution in [3.8, 4) is 17.1 Å². The second-order valence-corrected chi connectivity index (χ2v) is 9.97. The molecule has 0 aliphatic carbocycles. The molecular formula is C23H34N6O4S. The molecule has 2 N–H and O–H groups in total. The molecule has 2 heterocycles. The number of ether oxygens (including phenoxy) is 1. The topological polar surface area (TPSA) is 122 Å². The summed E-state index contributed by atoms with van der Waals surface area (Å²) in [5, 5.41) is 7.46. The third-order valence-corrected chi connectivity index (χ3v) is 7.37. The first-order valence-corrected chi connectivity index (χ1v) is 13.1. The van der Waals surface area contributed by atoms with Gasteiger partial charge in [0.2, 0.25) is 10.0 Å². The number of benzene rings is 1. The minimum absolute atomic E-state index is 0.123. The molecule has 0 aliphatic heterocycles. The third kappa shape index (κ3) is 5.16. The van der Waals surface area contributed by atoms with Gasteiger partial charge >= 0.3 is 0 Å². The van der Waals surface area contributed by atoms with Gasteiger partial charge in [-0.1, -0.05) is 20.3 Å². The molecule has 3 aromatic rings. The number of hydrogen-bond acceptors (Lipinski definition) is 7. The molecule has 3 rings (SSSR count). The number of aromatic amines is 1. The van der Waals surface area contributed by atoms with Gasteiger partial charge in [-0.2, -0.15) is 9.40 Å². The van der Waals surface area contributed by atoms with Crippen LogP contribution in [0.4, 0.5) is 0 Å². The van der Waals surface area contributed by atoms with E-state index in [1.54, 1.807) is 20.2 Å². The number of nitrogens with one attached hydrogen (secondary N) is 2. The molecule has 0 radical (unpaired) electrons. The lowest BCUT2D eigenvalue weighted by molar-refractivity contribution is 0.341. The van der Waals surface area contributed by atoms with E-state index in [-0.39, 0.29) is 16.3 Å². The first kappa shape index (κ1) is 25.9. The Kier molecular flexibility index (Phi) is 8.45. The van der Waals surface area contributed by atoms with Crippen molar-refractivity contribution in [2.45, 2.75) is 44.9 Å². The SMILES string of the molecule is CCCc1nn(C)c2c(=O)[nH]c(-c3cc(S(=O)(=O)N(CCC)CCNC)ccc3OCC)nc12. The maximum atomic E-state index is 13.5. The fraction of sp³-hybridized carbons (Fsp3) is 0.522. The van der Waals surface area contributed by atoms with E-state index in [4.69, 9.17) is 9.72 Å². The Hall–Kier alpha value is -2.76. The number of sulfonamides is 1. The summed E-state index contributed by atoms with van der Waals surface area (Å²) in [4.78, 5) is 20.6. The van der Waals surface area contributed by atoms with Gasteiger partial charge in [0, 0.05) is 26.7 Å². The number of H-pyrrole nitrogens is 1. The lowest BCUT2D eigenvalue weighted by Crippen LogP contribution is -2.36. The molecule has 2 aromatic heterocycles. The number of aryl methyl sites for hydroxylation is 2. The average molecular weight is 491 g/mol. The van der Waals surface area contributed by atoms with Crippen molar-refractivity contribution in [2.75, 3.05) is 33.3 Å². The van der Waals surface area contributed by atoms with E-state index in [2.05, 4.69) is 15.4 Å². The molecule has 0 aliphatic rings. The highest BCUT2D eigenvalue weighted by molar-refractivity contribution is 7.89. The predicted octanol–water partition coefficient (Wildman–Crippen LogP) is 2.29. The maximum absolute atomic E-state index is 13.5. The van der Waals surface area contributed by atoms with Crippen LogP contribution in [-0.2, 0) is 23.5 Å². The molecule has 11 heteroatoms. The molecule has 1 aromatic carbocycles. The van der Waals surface area contributed by atoms with Crippen LogP contribution in [0.25, 0.3) is 22.4 Å². The van der Waals surface area contributed by atoms with Crippen molar-refractivity contribution in [1.29, 1.82) is 0 Å². The van der Waals surface area contributed by atoms with Gasteiger partial charge in [0.1, 0.15) is 17.1 Å². The number of aromatic nitrogens is 4. The van der Waals surface area contributed by atoms with Crippen molar-refractivity contribution in [2.24, 2.45) is 7.05 Å². The summed E-state index contributed by atoms with van der Waals surface area (Å²) < 4.78 is 35.7. The quantitative estimate of drug-likeness (QED) is 0.399. The fourth-order valence-electron chi connectivity index (χ4n) is 3.90. The summed E-state index contributed by atoms with van der Waals surface area (Å²) in [6.45, 7) is 7.49. The van der Waals surface area contributed by atoms with Crippen molar-refractivity contribution in [3.63, 3.8) is 0 Å². The average Bonchev–Trinajstić information content (AvgIpc) is 3.12. The molecule has 0 fully saturated rings. The van der Waals surface area contributed by atoms with Crippen LogP contribution in [0.3, 0.4) is 0 Å². The van der Waals surface area contributed by atoms with Gasteiger partial charge in [-0.15, -0.1) is 0 Å². The van der Waals surface area contributed by atoms with E-state index in [9.17, 15) is 13.2 Å². The van der Waals surface area contributed by atoms with Crippen LogP contribution in [-0.4, -0.2) is 65.8 Å². The van der Waals surface area contributed by atoms with Crippen LogP contribution < -0.4 is 15.6 Å². The Morgan fingerprint density at radius 1 is 1.18 bits per heavy atom. The van der Waals surface area contributed by atoms with E-state index < -0.39 is 10.0 Å². The number of nitrogens with zero attached hydrogens (tertiary/aromatic N) is 4. The molecule has 186 valence electrons. The van der Waals surface area contributed by atoms with Crippen LogP contribution in [0, 0.1) is 0 Å². The largest absolute Gasteiger partial charge is 0.493 e. The summed E-state index contributed by atoms with van der Waals surface area (Å²) in [5.41, 5.74) is 1.71. The summed E-state index contributed by atoms with van der Waals surface area (Å²) in [7, 11) is -0.262. The number of rotatable bonds is 12. The minimum Gasteiger partial charge on any atom is -0.493 e. The van der Waals surface area contributed by atoms with Gasteiger partial charge in [-0.25, -0.2) is 13.4 Å². The number of likely N-dealkylation sites (N-methyl/N-ethyl adjacent to an activating group) is 1. The van der Waals surface area contributed by atoms with Crippen molar-refractivity contribution >= 4 is 21.1 Å². The van der Waals surface area contributed by atoms with Crippen molar-refractivity contribution < 1.29 is 13.2 Å². The Morgan fingerprint density at radius 3 is 2.59 bits per heavy atom. The lowest BCUT2D eigenvalue weighted by Gasteiger charge is -2.22. The second-order valence-electron chi connectivity index (χ2n) is 8.03. The Labute approximate surface area is 200 Å². The Balaban J connectivity index is 2.20. The molecule has 0 saturated carbocycles. The molecule has 10 nitrogen and oxygen atoms in total. The van der Waals surface area contributed by atoms with E-state index in [0.29, 0.717) is 61.4 Å². The Morgan fingerprint density at radius 2 is 1.94 bits per heavy atom. The molecule has 0 saturated heterocycles. The van der Waals surface area contributed by atoms with Crippen LogP contribution in [0.1, 0.15) is 39.3 Å². The zero-order valence-electron chi connectivity index (χ0n) is 20.5. The van der Waals surface area contributed by atoms with Crippen LogP contribution in [0.5, 0.6) is 5.75 Å². The van der Waals surface area contributed by atoms with Crippen LogP contribution >= 0.6 is 0 Å². The standard InChI is InChI=1S/C23H34N6O4S/c1-6-9-18-20-21(28(5)27-18)23(30)26-22(25-20)17-15-16(10-11-19(17)33-8-3)34(31,32)29(13-7-2)14-12-24-4/h10-11,15,24H,6-9,12-14H2,1-5H3,(H,25,26,30). The van der Waals surface area contributed by atoms with Crippen molar-refractivity contribution in [3.05, 3.63) is 34.2 Å². The molecule has 0 spiro atoms. The van der Waals surface area contributed by atoms with Gasteiger partial charge in [-0.05, 0) is 45.0 Å². The predicted molar refractivity (Wildman–Crippen MR) is 133 cm³/mol. The maximum Gasteiger partial charge on any atom is 0.277 e. The van der Waals surface area contributed by atoms with E-state index in [1.807, 2.05) is 20.8 Å². The van der Waals surface area contributed by atoms with Crippen LogP contribution in [0.15, 0.2) is 27.9 Å². The first-order valence-electron chi connectivity index (χ1n) is 11.7. The highest BCUT2D eigenvalue weighted by Gasteiger charge is 2.26. The summed E-state index contributed by atoms with van der Waals surface area (Å²) in [5.74, 6) is 0.697. The zero-order valence-corrected chi connectivity index (χ0v) is 21.3. The highest BCUT2D eigenvalue weighted by atomic mass is 32.2. The smallest absolute Gasteiger partial charge is 0.277 e. The van der Waals surface area contributed by atoms with Gasteiger partial charge < -0.3 is 15.0 Å². The Bertz CT molecular complexity index is 1300. The van der Waals surface area contributed by atoms with Gasteiger partial charge in [-0.3, -0.25) is 9.48 Å². The molecule has 34 heavy (non-hydrogen) atoms. The first-order chi connectivity index (χ1) is 16.3. The summed E-state index contributed by atoms with van der Waals surface area (Å²) in [6, 6.07) is 4.69. The normalized spacial score (nSPS) is 12.1. The highest BCUT2D eigenvalue weighted by Crippen LogP contribution is 2.32. The molecular weight excluding hydrogens is 456 g/mol. The molecule has 0 bridgehead atoms. The monoisotopic (exact) mass is 490 g/mol. The zero-order chi connectivity index (χ0) is 24.9. The van der Waals surface area contributed by atoms with E-state index >= 15 is 0 Å².